The van der Waals surface area contributed by atoms with E-state index < -0.39 is 16.8 Å². The van der Waals surface area contributed by atoms with Gasteiger partial charge in [0.1, 0.15) is 5.35 Å². The number of aromatic nitrogens is 1. The number of esters is 1. The highest BCUT2D eigenvalue weighted by molar-refractivity contribution is 5.89. The summed E-state index contributed by atoms with van der Waals surface area (Å²) >= 11 is 0. The van der Waals surface area contributed by atoms with Crippen molar-refractivity contribution < 1.29 is 13.9 Å². The SMILES string of the molecule is CCCCOC(=O)c1cc(=O)c(=O)c2oc3cc(N(C)C)ccc3[nH]c1=2. The van der Waals surface area contributed by atoms with Crippen molar-refractivity contribution in [2.45, 2.75) is 19.8 Å². The summed E-state index contributed by atoms with van der Waals surface area (Å²) in [7, 11) is 3.76. The maximum atomic E-state index is 12.3. The Kier molecular flexibility index (Phi) is 4.79. The van der Waals surface area contributed by atoms with Gasteiger partial charge in [0.15, 0.2) is 5.58 Å². The minimum atomic E-state index is -0.805. The minimum absolute atomic E-state index is 0.00281. The van der Waals surface area contributed by atoms with Crippen LogP contribution < -0.4 is 15.8 Å². The summed E-state index contributed by atoms with van der Waals surface area (Å²) in [6, 6.07) is 6.42. The van der Waals surface area contributed by atoms with Gasteiger partial charge >= 0.3 is 5.97 Å². The summed E-state index contributed by atoms with van der Waals surface area (Å²) in [5.74, 6) is -0.656. The molecule has 0 amide bonds. The minimum Gasteiger partial charge on any atom is -0.462 e. The molecule has 0 saturated heterocycles. The highest BCUT2D eigenvalue weighted by Gasteiger charge is 2.16. The summed E-state index contributed by atoms with van der Waals surface area (Å²) < 4.78 is 10.9. The van der Waals surface area contributed by atoms with E-state index >= 15 is 0 Å². The van der Waals surface area contributed by atoms with Crippen LogP contribution in [0.25, 0.3) is 11.1 Å². The number of carbonyl (C=O) groups excluding carboxylic acids is 1. The highest BCUT2D eigenvalue weighted by Crippen LogP contribution is 2.20. The number of nitrogens with one attached hydrogen (secondary N) is 1. The van der Waals surface area contributed by atoms with E-state index in [-0.39, 0.29) is 22.9 Å². The van der Waals surface area contributed by atoms with E-state index in [2.05, 4.69) is 4.98 Å². The fraction of sp³-hybridized carbons (Fsp3) is 0.316. The topological polar surface area (TPSA) is 92.6 Å². The molecule has 0 spiro atoms. The van der Waals surface area contributed by atoms with Crippen LogP contribution in [0.2, 0.25) is 0 Å². The van der Waals surface area contributed by atoms with Gasteiger partial charge in [0.25, 0.3) is 5.43 Å². The first-order valence-corrected chi connectivity index (χ1v) is 8.40. The summed E-state index contributed by atoms with van der Waals surface area (Å²) in [6.07, 6.45) is 1.60. The molecule has 0 bridgehead atoms. The van der Waals surface area contributed by atoms with Crippen molar-refractivity contribution in [2.75, 3.05) is 25.6 Å². The van der Waals surface area contributed by atoms with Gasteiger partial charge in [0.05, 0.1) is 17.7 Å². The average Bonchev–Trinajstić information content (AvgIpc) is 2.63. The van der Waals surface area contributed by atoms with Gasteiger partial charge in [-0.1, -0.05) is 13.3 Å². The Balaban J connectivity index is 2.26. The Hall–Kier alpha value is -3.09. The number of hydrogen-bond acceptors (Lipinski definition) is 6. The molecular weight excluding hydrogens is 336 g/mol. The van der Waals surface area contributed by atoms with Gasteiger partial charge in [-0.25, -0.2) is 4.79 Å². The molecule has 26 heavy (non-hydrogen) atoms. The number of unbranched alkanes of at least 4 members (excludes halogenated alkanes) is 1. The van der Waals surface area contributed by atoms with Crippen molar-refractivity contribution in [1.82, 2.24) is 4.98 Å². The van der Waals surface area contributed by atoms with E-state index in [0.29, 0.717) is 11.1 Å². The van der Waals surface area contributed by atoms with Crippen LogP contribution in [-0.4, -0.2) is 31.7 Å². The van der Waals surface area contributed by atoms with Gasteiger partial charge in [0, 0.05) is 31.9 Å². The molecule has 3 rings (SSSR count). The smallest absolute Gasteiger partial charge is 0.340 e. The lowest BCUT2D eigenvalue weighted by Gasteiger charge is -2.12. The lowest BCUT2D eigenvalue weighted by molar-refractivity contribution is 0.0497. The Morgan fingerprint density at radius 3 is 2.69 bits per heavy atom. The molecule has 1 aromatic rings. The molecule has 0 radical (unpaired) electrons. The second-order valence-electron chi connectivity index (χ2n) is 6.25. The third kappa shape index (κ3) is 3.20. The van der Waals surface area contributed by atoms with Gasteiger partial charge in [0.2, 0.25) is 10.8 Å². The molecule has 0 aromatic heterocycles. The monoisotopic (exact) mass is 356 g/mol. The van der Waals surface area contributed by atoms with Crippen LogP contribution in [0.15, 0.2) is 38.3 Å². The van der Waals surface area contributed by atoms with Crippen molar-refractivity contribution >= 4 is 22.8 Å². The van der Waals surface area contributed by atoms with Gasteiger partial charge < -0.3 is 19.0 Å². The van der Waals surface area contributed by atoms with E-state index in [4.69, 9.17) is 9.15 Å². The molecule has 0 unspecified atom stereocenters. The highest BCUT2D eigenvalue weighted by atomic mass is 16.5. The molecule has 2 aliphatic rings. The quantitative estimate of drug-likeness (QED) is 0.428. The van der Waals surface area contributed by atoms with Crippen molar-refractivity contribution in [3.8, 4) is 0 Å². The lowest BCUT2D eigenvalue weighted by Crippen LogP contribution is -2.27. The van der Waals surface area contributed by atoms with Crippen LogP contribution >= 0.6 is 0 Å². The van der Waals surface area contributed by atoms with E-state index in [1.54, 1.807) is 12.1 Å². The van der Waals surface area contributed by atoms with Crippen molar-refractivity contribution in [2.24, 2.45) is 0 Å². The Labute approximate surface area is 148 Å². The van der Waals surface area contributed by atoms with Gasteiger partial charge in [-0.3, -0.25) is 9.59 Å². The lowest BCUT2D eigenvalue weighted by atomic mass is 10.2. The number of carbonyl (C=O) groups is 1. The molecule has 1 aromatic carbocycles. The van der Waals surface area contributed by atoms with Crippen LogP contribution in [0.1, 0.15) is 30.1 Å². The van der Waals surface area contributed by atoms with Crippen molar-refractivity contribution in [3.63, 3.8) is 0 Å². The van der Waals surface area contributed by atoms with Crippen molar-refractivity contribution in [3.05, 3.63) is 61.0 Å². The maximum Gasteiger partial charge on any atom is 0.340 e. The number of aromatic amines is 1. The average molecular weight is 356 g/mol. The van der Waals surface area contributed by atoms with Crippen LogP contribution in [0.5, 0.6) is 0 Å². The second-order valence-corrected chi connectivity index (χ2v) is 6.25. The van der Waals surface area contributed by atoms with Gasteiger partial charge in [-0.2, -0.15) is 0 Å². The van der Waals surface area contributed by atoms with E-state index in [9.17, 15) is 14.4 Å². The zero-order valence-corrected chi connectivity index (χ0v) is 14.9. The van der Waals surface area contributed by atoms with Crippen LogP contribution in [-0.2, 0) is 4.74 Å². The molecule has 7 heteroatoms. The number of anilines is 1. The molecule has 7 nitrogen and oxygen atoms in total. The number of fused-ring (bicyclic) bond motifs is 1. The van der Waals surface area contributed by atoms with Crippen LogP contribution in [0.4, 0.5) is 5.69 Å². The zero-order valence-electron chi connectivity index (χ0n) is 14.9. The predicted octanol–water partition coefficient (Wildman–Crippen LogP) is 2.23. The van der Waals surface area contributed by atoms with E-state index in [1.165, 1.54) is 0 Å². The molecule has 0 fully saturated rings. The summed E-state index contributed by atoms with van der Waals surface area (Å²) in [6.45, 7) is 2.23. The first kappa shape index (κ1) is 17.7. The molecule has 136 valence electrons. The van der Waals surface area contributed by atoms with Crippen LogP contribution in [0.3, 0.4) is 0 Å². The molecule has 0 atom stereocenters. The zero-order chi connectivity index (χ0) is 18.8. The molecule has 1 aliphatic carbocycles. The number of rotatable bonds is 5. The summed E-state index contributed by atoms with van der Waals surface area (Å²) in [4.78, 5) is 41.5. The van der Waals surface area contributed by atoms with E-state index in [0.717, 1.165) is 24.6 Å². The van der Waals surface area contributed by atoms with Crippen molar-refractivity contribution in [1.29, 1.82) is 0 Å². The number of nitrogens with zero attached hydrogens (tertiary/aromatic N) is 1. The normalized spacial score (nSPS) is 11.0. The third-order valence-electron chi connectivity index (χ3n) is 4.11. The van der Waals surface area contributed by atoms with Gasteiger partial charge in [-0.05, 0) is 18.6 Å². The molecule has 1 aliphatic heterocycles. The van der Waals surface area contributed by atoms with E-state index in [1.807, 2.05) is 32.0 Å². The van der Waals surface area contributed by atoms with Gasteiger partial charge in [-0.15, -0.1) is 0 Å². The second kappa shape index (κ2) is 7.03. The Morgan fingerprint density at radius 1 is 1.23 bits per heavy atom. The standard InChI is InChI=1S/C19H20N2O5/c1-4-5-8-25-19(24)12-10-14(22)17(23)18-16(12)20-13-7-6-11(21(2)3)9-15(13)26-18/h6-7,9-10,20H,4-5,8H2,1-3H3. The summed E-state index contributed by atoms with van der Waals surface area (Å²) in [5.41, 5.74) is 0.115. The fourth-order valence-electron chi connectivity index (χ4n) is 2.61. The molecule has 1 heterocycles. The number of ether oxygens (including phenoxy) is 1. The number of hydrogen-bond donors (Lipinski definition) is 1. The molecule has 0 saturated carbocycles. The number of benzene rings is 1. The Morgan fingerprint density at radius 2 is 2.00 bits per heavy atom. The largest absolute Gasteiger partial charge is 0.462 e. The Bertz CT molecular complexity index is 1140. The predicted molar refractivity (Wildman–Crippen MR) is 97.9 cm³/mol. The molecular formula is C19H20N2O5. The maximum absolute atomic E-state index is 12.3. The first-order valence-electron chi connectivity index (χ1n) is 8.40. The summed E-state index contributed by atoms with van der Waals surface area (Å²) in [5, 5.41) is 0.168. The molecule has 1 N–H and O–H groups in total. The fourth-order valence-corrected chi connectivity index (χ4v) is 2.61. The number of H-pyrrole nitrogens is 1. The van der Waals surface area contributed by atoms with Crippen LogP contribution in [0, 0.1) is 10.8 Å². The third-order valence-corrected chi connectivity index (χ3v) is 4.11. The first-order chi connectivity index (χ1) is 12.4.